The van der Waals surface area contributed by atoms with Gasteiger partial charge in [0, 0.05) is 18.7 Å². The molecule has 0 bridgehead atoms. The van der Waals surface area contributed by atoms with Gasteiger partial charge in [-0.15, -0.1) is 0 Å². The molecule has 1 fully saturated rings. The zero-order valence-electron chi connectivity index (χ0n) is 15.0. The van der Waals surface area contributed by atoms with Crippen LogP contribution in [0.3, 0.4) is 0 Å². The fourth-order valence-corrected chi connectivity index (χ4v) is 5.31. The molecule has 1 aromatic carbocycles. The summed E-state index contributed by atoms with van der Waals surface area (Å²) in [6.45, 7) is 0.843. The van der Waals surface area contributed by atoms with Crippen LogP contribution in [0.1, 0.15) is 36.0 Å². The molecule has 1 aliphatic heterocycles. The highest BCUT2D eigenvalue weighted by molar-refractivity contribution is 7.98. The van der Waals surface area contributed by atoms with E-state index < -0.39 is 27.9 Å². The van der Waals surface area contributed by atoms with Gasteiger partial charge in [0.25, 0.3) is 5.91 Å². The van der Waals surface area contributed by atoms with Crippen LogP contribution in [-0.4, -0.2) is 60.8 Å². The Morgan fingerprint density at radius 1 is 1.30 bits per heavy atom. The van der Waals surface area contributed by atoms with E-state index in [9.17, 15) is 23.1 Å². The first-order chi connectivity index (χ1) is 12.8. The van der Waals surface area contributed by atoms with Crippen LogP contribution < -0.4 is 5.32 Å². The van der Waals surface area contributed by atoms with Crippen molar-refractivity contribution in [2.75, 3.05) is 25.1 Å². The second-order valence-corrected chi connectivity index (χ2v) is 9.55. The Kier molecular flexibility index (Phi) is 7.96. The van der Waals surface area contributed by atoms with Crippen molar-refractivity contribution in [3.63, 3.8) is 0 Å². The number of carboxylic acid groups (broad SMARTS) is 1. The molecule has 10 heteroatoms. The summed E-state index contributed by atoms with van der Waals surface area (Å²) in [7, 11) is -3.81. The Labute approximate surface area is 168 Å². The minimum absolute atomic E-state index is 0.0364. The number of thioether (sulfide) groups is 1. The van der Waals surface area contributed by atoms with E-state index >= 15 is 0 Å². The molecule has 0 spiro atoms. The first-order valence-electron chi connectivity index (χ1n) is 8.59. The average Bonchev–Trinajstić information content (AvgIpc) is 2.65. The van der Waals surface area contributed by atoms with Crippen molar-refractivity contribution in [1.82, 2.24) is 9.62 Å². The van der Waals surface area contributed by atoms with Crippen molar-refractivity contribution in [1.29, 1.82) is 0 Å². The van der Waals surface area contributed by atoms with Crippen molar-refractivity contribution < 1.29 is 23.1 Å². The molecule has 1 amide bonds. The minimum atomic E-state index is -3.81. The Morgan fingerprint density at radius 3 is 2.56 bits per heavy atom. The van der Waals surface area contributed by atoms with Crippen LogP contribution in [0.2, 0.25) is 5.02 Å². The van der Waals surface area contributed by atoms with E-state index in [1.54, 1.807) is 0 Å². The lowest BCUT2D eigenvalue weighted by Crippen LogP contribution is -2.41. The topological polar surface area (TPSA) is 104 Å². The van der Waals surface area contributed by atoms with Gasteiger partial charge in [-0.3, -0.25) is 4.79 Å². The largest absolute Gasteiger partial charge is 0.480 e. The van der Waals surface area contributed by atoms with Crippen molar-refractivity contribution in [3.8, 4) is 0 Å². The van der Waals surface area contributed by atoms with Crippen molar-refractivity contribution in [2.24, 2.45) is 0 Å². The third-order valence-electron chi connectivity index (χ3n) is 4.34. The second-order valence-electron chi connectivity index (χ2n) is 6.26. The number of carbonyl (C=O) groups excluding carboxylic acids is 1. The number of hydrogen-bond acceptors (Lipinski definition) is 5. The van der Waals surface area contributed by atoms with E-state index in [2.05, 4.69) is 5.32 Å². The highest BCUT2D eigenvalue weighted by atomic mass is 35.5. The molecule has 150 valence electrons. The Bertz CT molecular complexity index is 795. The number of amides is 1. The lowest BCUT2D eigenvalue weighted by molar-refractivity contribution is -0.139. The number of sulfonamides is 1. The molecule has 0 saturated carbocycles. The molecule has 0 aliphatic carbocycles. The van der Waals surface area contributed by atoms with Crippen LogP contribution in [0.4, 0.5) is 0 Å². The number of carbonyl (C=O) groups is 2. The quantitative estimate of drug-likeness (QED) is 0.651. The summed E-state index contributed by atoms with van der Waals surface area (Å²) in [5, 5.41) is 11.7. The van der Waals surface area contributed by atoms with Crippen molar-refractivity contribution in [3.05, 3.63) is 28.8 Å². The van der Waals surface area contributed by atoms with Gasteiger partial charge in [0.2, 0.25) is 10.0 Å². The second kappa shape index (κ2) is 9.77. The maximum absolute atomic E-state index is 12.9. The fourth-order valence-electron chi connectivity index (χ4n) is 2.82. The van der Waals surface area contributed by atoms with Crippen LogP contribution in [-0.2, 0) is 14.8 Å². The summed E-state index contributed by atoms with van der Waals surface area (Å²) in [4.78, 5) is 23.6. The summed E-state index contributed by atoms with van der Waals surface area (Å²) in [6.07, 6.45) is 4.67. The van der Waals surface area contributed by atoms with Crippen molar-refractivity contribution in [2.45, 2.75) is 36.6 Å². The Hall–Kier alpha value is -1.29. The number of nitrogens with one attached hydrogen (secondary N) is 1. The van der Waals surface area contributed by atoms with Gasteiger partial charge < -0.3 is 10.4 Å². The maximum atomic E-state index is 12.9. The van der Waals surface area contributed by atoms with Crippen LogP contribution in [0.15, 0.2) is 23.1 Å². The molecule has 1 saturated heterocycles. The molecule has 1 atom stereocenters. The van der Waals surface area contributed by atoms with E-state index in [1.165, 1.54) is 34.3 Å². The minimum Gasteiger partial charge on any atom is -0.480 e. The van der Waals surface area contributed by atoms with Crippen molar-refractivity contribution >= 4 is 45.3 Å². The van der Waals surface area contributed by atoms with Gasteiger partial charge in [0.1, 0.15) is 10.9 Å². The van der Waals surface area contributed by atoms with Crippen LogP contribution in [0, 0.1) is 0 Å². The third-order valence-corrected chi connectivity index (χ3v) is 7.36. The molecule has 7 nitrogen and oxygen atoms in total. The Balaban J connectivity index is 2.25. The standard InChI is InChI=1S/C17H23ClN2O5S2/c1-26-10-7-14(17(22)23)19-16(21)12-5-6-13(18)15(11-12)27(24,25)20-8-3-2-4-9-20/h5-6,11,14H,2-4,7-10H2,1H3,(H,19,21)(H,22,23)/t14-/m1/s1. The molecule has 1 aliphatic rings. The number of nitrogens with zero attached hydrogens (tertiary/aromatic N) is 1. The molecule has 1 aromatic rings. The first kappa shape index (κ1) is 22.0. The van der Waals surface area contributed by atoms with Gasteiger partial charge in [-0.1, -0.05) is 18.0 Å². The van der Waals surface area contributed by atoms with E-state index in [0.717, 1.165) is 19.3 Å². The number of halogens is 1. The van der Waals surface area contributed by atoms with Gasteiger partial charge in [0.15, 0.2) is 0 Å². The molecule has 2 rings (SSSR count). The molecule has 27 heavy (non-hydrogen) atoms. The molecule has 2 N–H and O–H groups in total. The average molecular weight is 435 g/mol. The van der Waals surface area contributed by atoms with Gasteiger partial charge >= 0.3 is 5.97 Å². The normalized spacial score (nSPS) is 16.7. The smallest absolute Gasteiger partial charge is 0.326 e. The van der Waals surface area contributed by atoms with Crippen LogP contribution >= 0.6 is 23.4 Å². The molecular weight excluding hydrogens is 412 g/mol. The number of aliphatic carboxylic acids is 1. The lowest BCUT2D eigenvalue weighted by Gasteiger charge is -2.26. The zero-order valence-corrected chi connectivity index (χ0v) is 17.4. The highest BCUT2D eigenvalue weighted by Gasteiger charge is 2.29. The number of benzene rings is 1. The third kappa shape index (κ3) is 5.60. The zero-order chi connectivity index (χ0) is 20.0. The number of hydrogen-bond donors (Lipinski definition) is 2. The van der Waals surface area contributed by atoms with Gasteiger partial charge in [-0.2, -0.15) is 16.1 Å². The molecular formula is C17H23ClN2O5S2. The number of rotatable bonds is 8. The number of carboxylic acids is 1. The summed E-state index contributed by atoms with van der Waals surface area (Å²) in [5.74, 6) is -1.20. The van der Waals surface area contributed by atoms with E-state index in [4.69, 9.17) is 11.6 Å². The summed E-state index contributed by atoms with van der Waals surface area (Å²) >= 11 is 7.57. The van der Waals surface area contributed by atoms with Crippen LogP contribution in [0.5, 0.6) is 0 Å². The molecule has 1 heterocycles. The van der Waals surface area contributed by atoms with E-state index in [-0.39, 0.29) is 21.9 Å². The van der Waals surface area contributed by atoms with Gasteiger partial charge in [-0.25, -0.2) is 13.2 Å². The van der Waals surface area contributed by atoms with Crippen LogP contribution in [0.25, 0.3) is 0 Å². The van der Waals surface area contributed by atoms with E-state index in [1.807, 2.05) is 6.26 Å². The SMILES string of the molecule is CSCC[C@@H](NC(=O)c1ccc(Cl)c(S(=O)(=O)N2CCCCC2)c1)C(=O)O. The molecule has 0 unspecified atom stereocenters. The lowest BCUT2D eigenvalue weighted by atomic mass is 10.1. The van der Waals surface area contributed by atoms with Gasteiger partial charge in [0.05, 0.1) is 5.02 Å². The highest BCUT2D eigenvalue weighted by Crippen LogP contribution is 2.28. The summed E-state index contributed by atoms with van der Waals surface area (Å²) in [5.41, 5.74) is 0.0605. The molecule has 0 radical (unpaired) electrons. The van der Waals surface area contributed by atoms with Gasteiger partial charge in [-0.05, 0) is 49.5 Å². The summed E-state index contributed by atoms with van der Waals surface area (Å²) in [6, 6.07) is 2.92. The monoisotopic (exact) mass is 434 g/mol. The first-order valence-corrected chi connectivity index (χ1v) is 11.8. The predicted octanol–water partition coefficient (Wildman–Crippen LogP) is 2.45. The summed E-state index contributed by atoms with van der Waals surface area (Å²) < 4.78 is 27.1. The Morgan fingerprint density at radius 2 is 1.96 bits per heavy atom. The molecule has 0 aromatic heterocycles. The maximum Gasteiger partial charge on any atom is 0.326 e. The van der Waals surface area contributed by atoms with E-state index in [0.29, 0.717) is 18.8 Å². The predicted molar refractivity (Wildman–Crippen MR) is 106 cm³/mol. The fraction of sp³-hybridized carbons (Fsp3) is 0.529. The number of piperidine rings is 1.